The van der Waals surface area contributed by atoms with Gasteiger partial charge in [0.1, 0.15) is 0 Å². The van der Waals surface area contributed by atoms with Gasteiger partial charge in [-0.3, -0.25) is 0 Å². The normalized spacial score (nSPS) is 11.7. The van der Waals surface area contributed by atoms with Gasteiger partial charge >= 0.3 is 6.03 Å². The van der Waals surface area contributed by atoms with E-state index in [4.69, 9.17) is 6.42 Å². The number of hydrogen-bond donors (Lipinski definition) is 3. The van der Waals surface area contributed by atoms with Crippen molar-refractivity contribution in [2.45, 2.75) is 26.3 Å². The Kier molecular flexibility index (Phi) is 5.91. The van der Waals surface area contributed by atoms with Crippen LogP contribution in [0.3, 0.4) is 0 Å². The van der Waals surface area contributed by atoms with Gasteiger partial charge in [-0.15, -0.1) is 6.42 Å². The molecule has 0 aliphatic heterocycles. The number of benzene rings is 1. The number of amides is 2. The van der Waals surface area contributed by atoms with Crippen molar-refractivity contribution in [3.8, 4) is 12.3 Å². The van der Waals surface area contributed by atoms with E-state index < -0.39 is 0 Å². The quantitative estimate of drug-likeness (QED) is 0.711. The predicted molar refractivity (Wildman–Crippen MR) is 76.9 cm³/mol. The molecule has 0 fully saturated rings. The van der Waals surface area contributed by atoms with Crippen LogP contribution >= 0.6 is 0 Å². The highest BCUT2D eigenvalue weighted by Gasteiger charge is 2.12. The molecule has 0 aliphatic carbocycles. The Hall–Kier alpha value is -1.99. The van der Waals surface area contributed by atoms with Crippen LogP contribution in [0, 0.1) is 18.3 Å². The molecule has 0 aromatic heterocycles. The molecule has 19 heavy (non-hydrogen) atoms. The predicted octanol–water partition coefficient (Wildman–Crippen LogP) is 2.20. The number of rotatable bonds is 5. The van der Waals surface area contributed by atoms with Gasteiger partial charge < -0.3 is 15.7 Å². The molecule has 0 radical (unpaired) electrons. The van der Waals surface area contributed by atoms with E-state index in [0.29, 0.717) is 17.2 Å². The van der Waals surface area contributed by atoms with Gasteiger partial charge in [0.25, 0.3) is 0 Å². The summed E-state index contributed by atoms with van der Waals surface area (Å²) in [5.41, 5.74) is 1.34. The van der Waals surface area contributed by atoms with E-state index in [-0.39, 0.29) is 18.7 Å². The maximum Gasteiger partial charge on any atom is 0.319 e. The molecule has 0 heterocycles. The Labute approximate surface area is 114 Å². The van der Waals surface area contributed by atoms with Gasteiger partial charge in [0.2, 0.25) is 0 Å². The highest BCUT2D eigenvalue weighted by atomic mass is 16.3. The molecular formula is C15H20N2O2. The summed E-state index contributed by atoms with van der Waals surface area (Å²) in [6, 6.07) is 6.47. The number of hydrogen-bond acceptors (Lipinski definition) is 2. The van der Waals surface area contributed by atoms with Crippen LogP contribution in [0.15, 0.2) is 24.3 Å². The number of carbonyl (C=O) groups excluding carboxylic acids is 1. The van der Waals surface area contributed by atoms with Gasteiger partial charge in [-0.1, -0.05) is 25.8 Å². The van der Waals surface area contributed by atoms with Gasteiger partial charge in [-0.2, -0.15) is 0 Å². The number of aliphatic hydroxyl groups is 1. The molecule has 1 atom stereocenters. The highest BCUT2D eigenvalue weighted by molar-refractivity contribution is 5.89. The van der Waals surface area contributed by atoms with Crippen LogP contribution in [-0.4, -0.2) is 23.8 Å². The Morgan fingerprint density at radius 3 is 2.79 bits per heavy atom. The van der Waals surface area contributed by atoms with Gasteiger partial charge in [0.05, 0.1) is 12.6 Å². The lowest BCUT2D eigenvalue weighted by molar-refractivity contribution is 0.214. The molecule has 0 bridgehead atoms. The molecule has 4 heteroatoms. The number of aliphatic hydroxyl groups excluding tert-OH is 1. The Morgan fingerprint density at radius 1 is 1.47 bits per heavy atom. The van der Waals surface area contributed by atoms with Crippen molar-refractivity contribution < 1.29 is 9.90 Å². The van der Waals surface area contributed by atoms with Crippen LogP contribution in [-0.2, 0) is 0 Å². The van der Waals surface area contributed by atoms with Crippen molar-refractivity contribution in [1.82, 2.24) is 5.32 Å². The van der Waals surface area contributed by atoms with Crippen LogP contribution in [0.4, 0.5) is 10.5 Å². The lowest BCUT2D eigenvalue weighted by Crippen LogP contribution is -2.40. The number of nitrogens with one attached hydrogen (secondary N) is 2. The van der Waals surface area contributed by atoms with Crippen LogP contribution in [0.5, 0.6) is 0 Å². The molecule has 1 aromatic rings. The van der Waals surface area contributed by atoms with Crippen molar-refractivity contribution in [3.05, 3.63) is 29.8 Å². The molecule has 1 unspecified atom stereocenters. The third-order valence-electron chi connectivity index (χ3n) is 2.60. The number of anilines is 1. The van der Waals surface area contributed by atoms with Crippen LogP contribution in [0.1, 0.15) is 25.8 Å². The fourth-order valence-corrected chi connectivity index (χ4v) is 1.79. The zero-order valence-electron chi connectivity index (χ0n) is 11.3. The van der Waals surface area contributed by atoms with Gasteiger partial charge in [-0.25, -0.2) is 4.79 Å². The first-order chi connectivity index (χ1) is 9.05. The lowest BCUT2D eigenvalue weighted by atomic mass is 10.0. The molecule has 4 nitrogen and oxygen atoms in total. The molecule has 0 saturated heterocycles. The zero-order chi connectivity index (χ0) is 14.3. The first-order valence-corrected chi connectivity index (χ1v) is 6.30. The van der Waals surface area contributed by atoms with Gasteiger partial charge in [0.15, 0.2) is 0 Å². The monoisotopic (exact) mass is 260 g/mol. The zero-order valence-corrected chi connectivity index (χ0v) is 11.3. The average molecular weight is 260 g/mol. The van der Waals surface area contributed by atoms with E-state index >= 15 is 0 Å². The standard InChI is InChI=1S/C15H20N2O2/c1-4-12-6-5-7-13(9-12)16-15(19)17-14(10-18)8-11(2)3/h1,5-7,9,11,14,18H,8,10H2,2-3H3,(H2,16,17,19). The molecule has 1 aromatic carbocycles. The van der Waals surface area contributed by atoms with E-state index in [1.807, 2.05) is 13.8 Å². The van der Waals surface area contributed by atoms with Crippen LogP contribution < -0.4 is 10.6 Å². The third kappa shape index (κ3) is 5.45. The smallest absolute Gasteiger partial charge is 0.319 e. The van der Waals surface area contributed by atoms with Crippen molar-refractivity contribution in [3.63, 3.8) is 0 Å². The Morgan fingerprint density at radius 2 is 2.21 bits per heavy atom. The molecule has 0 aliphatic rings. The summed E-state index contributed by atoms with van der Waals surface area (Å²) in [4.78, 5) is 11.8. The Bertz CT molecular complexity index is 463. The minimum Gasteiger partial charge on any atom is -0.394 e. The minimum atomic E-state index is -0.339. The van der Waals surface area contributed by atoms with Gasteiger partial charge in [0, 0.05) is 11.3 Å². The maximum absolute atomic E-state index is 11.8. The molecule has 102 valence electrons. The third-order valence-corrected chi connectivity index (χ3v) is 2.60. The Balaban J connectivity index is 2.56. The number of terminal acetylenes is 1. The van der Waals surface area contributed by atoms with E-state index in [9.17, 15) is 9.90 Å². The highest BCUT2D eigenvalue weighted by Crippen LogP contribution is 2.10. The molecule has 2 amide bonds. The summed E-state index contributed by atoms with van der Waals surface area (Å²) in [5, 5.41) is 14.6. The maximum atomic E-state index is 11.8. The minimum absolute atomic E-state index is 0.0734. The van der Waals surface area contributed by atoms with Crippen LogP contribution in [0.2, 0.25) is 0 Å². The van der Waals surface area contributed by atoms with Crippen molar-refractivity contribution >= 4 is 11.7 Å². The molecule has 3 N–H and O–H groups in total. The lowest BCUT2D eigenvalue weighted by Gasteiger charge is -2.18. The SMILES string of the molecule is C#Cc1cccc(NC(=O)NC(CO)CC(C)C)c1. The summed E-state index contributed by atoms with van der Waals surface area (Å²) in [7, 11) is 0. The van der Waals surface area contributed by atoms with Crippen molar-refractivity contribution in [2.75, 3.05) is 11.9 Å². The fraction of sp³-hybridized carbons (Fsp3) is 0.400. The summed E-state index contributed by atoms with van der Waals surface area (Å²) >= 11 is 0. The van der Waals surface area contributed by atoms with E-state index in [0.717, 1.165) is 6.42 Å². The summed E-state index contributed by atoms with van der Waals surface area (Å²) in [5.74, 6) is 2.91. The topological polar surface area (TPSA) is 61.4 Å². The summed E-state index contributed by atoms with van der Waals surface area (Å²) in [6.45, 7) is 4.01. The first-order valence-electron chi connectivity index (χ1n) is 6.30. The first kappa shape index (κ1) is 15.1. The van der Waals surface area contributed by atoms with E-state index in [1.54, 1.807) is 24.3 Å². The molecule has 1 rings (SSSR count). The fourth-order valence-electron chi connectivity index (χ4n) is 1.79. The second kappa shape index (κ2) is 7.45. The van der Waals surface area contributed by atoms with Crippen molar-refractivity contribution in [2.24, 2.45) is 5.92 Å². The van der Waals surface area contributed by atoms with E-state index in [2.05, 4.69) is 16.6 Å². The van der Waals surface area contributed by atoms with E-state index in [1.165, 1.54) is 0 Å². The van der Waals surface area contributed by atoms with Crippen molar-refractivity contribution in [1.29, 1.82) is 0 Å². The summed E-state index contributed by atoms with van der Waals surface area (Å²) < 4.78 is 0. The number of carbonyl (C=O) groups is 1. The largest absolute Gasteiger partial charge is 0.394 e. The van der Waals surface area contributed by atoms with Crippen LogP contribution in [0.25, 0.3) is 0 Å². The average Bonchev–Trinajstić information content (AvgIpc) is 2.37. The second-order valence-electron chi connectivity index (χ2n) is 4.83. The molecular weight excluding hydrogens is 240 g/mol. The molecule has 0 spiro atoms. The molecule has 0 saturated carbocycles. The second-order valence-corrected chi connectivity index (χ2v) is 4.83. The van der Waals surface area contributed by atoms with Gasteiger partial charge in [-0.05, 0) is 30.5 Å². The summed E-state index contributed by atoms with van der Waals surface area (Å²) in [6.07, 6.45) is 6.03. The number of urea groups is 1.